The second-order valence-corrected chi connectivity index (χ2v) is 6.49. The Morgan fingerprint density at radius 2 is 2.16 bits per heavy atom. The summed E-state index contributed by atoms with van der Waals surface area (Å²) in [5.41, 5.74) is 2.30. The molecule has 0 saturated carbocycles. The summed E-state index contributed by atoms with van der Waals surface area (Å²) in [4.78, 5) is 18.8. The Morgan fingerprint density at radius 1 is 1.32 bits per heavy atom. The van der Waals surface area contributed by atoms with E-state index in [-0.39, 0.29) is 18.1 Å². The Morgan fingerprint density at radius 3 is 2.92 bits per heavy atom. The molecule has 0 radical (unpaired) electrons. The van der Waals surface area contributed by atoms with Crippen LogP contribution in [-0.2, 0) is 16.1 Å². The van der Waals surface area contributed by atoms with Gasteiger partial charge < -0.3 is 10.1 Å². The molecule has 1 aliphatic rings. The number of carbonyl (C=O) groups excluding carboxylic acids is 1. The van der Waals surface area contributed by atoms with Crippen LogP contribution in [0.3, 0.4) is 0 Å². The summed E-state index contributed by atoms with van der Waals surface area (Å²) < 4.78 is 5.79. The summed E-state index contributed by atoms with van der Waals surface area (Å²) in [6.45, 7) is 5.22. The normalized spacial score (nSPS) is 19.3. The molecule has 1 saturated heterocycles. The van der Waals surface area contributed by atoms with Gasteiger partial charge in [-0.15, -0.1) is 0 Å². The first kappa shape index (κ1) is 17.6. The van der Waals surface area contributed by atoms with E-state index in [9.17, 15) is 4.79 Å². The van der Waals surface area contributed by atoms with Crippen molar-refractivity contribution in [1.82, 2.24) is 15.2 Å². The molecule has 1 aromatic heterocycles. The van der Waals surface area contributed by atoms with E-state index in [0.717, 1.165) is 25.2 Å². The molecule has 1 N–H and O–H groups in total. The number of pyridine rings is 1. The number of rotatable bonds is 6. The van der Waals surface area contributed by atoms with E-state index in [1.807, 2.05) is 25.1 Å². The molecule has 0 unspecified atom stereocenters. The first-order chi connectivity index (χ1) is 12.2. The van der Waals surface area contributed by atoms with Gasteiger partial charge in [-0.05, 0) is 24.1 Å². The average molecular weight is 339 g/mol. The number of hydrogen-bond acceptors (Lipinski definition) is 4. The number of ether oxygens (including phenoxy) is 1. The third kappa shape index (κ3) is 5.37. The van der Waals surface area contributed by atoms with Gasteiger partial charge in [0.05, 0.1) is 25.2 Å². The van der Waals surface area contributed by atoms with E-state index in [1.165, 1.54) is 5.56 Å². The molecule has 0 bridgehead atoms. The predicted molar refractivity (Wildman–Crippen MR) is 96.9 cm³/mol. The van der Waals surface area contributed by atoms with Gasteiger partial charge in [-0.25, -0.2) is 0 Å². The SMILES string of the molecule is C[C@@H](NC(=O)C[C@H]1CN(Cc2ccccc2)CCO1)c1cccnc1. The van der Waals surface area contributed by atoms with Crippen molar-refractivity contribution in [2.24, 2.45) is 0 Å². The Hall–Kier alpha value is -2.24. The zero-order valence-electron chi connectivity index (χ0n) is 14.6. The Balaban J connectivity index is 1.48. The monoisotopic (exact) mass is 339 g/mol. The van der Waals surface area contributed by atoms with Crippen LogP contribution in [0.2, 0.25) is 0 Å². The van der Waals surface area contributed by atoms with E-state index >= 15 is 0 Å². The van der Waals surface area contributed by atoms with Crippen molar-refractivity contribution in [2.45, 2.75) is 32.0 Å². The summed E-state index contributed by atoms with van der Waals surface area (Å²) in [7, 11) is 0. The van der Waals surface area contributed by atoms with Gasteiger partial charge in [0.15, 0.2) is 0 Å². The number of carbonyl (C=O) groups is 1. The predicted octanol–water partition coefficient (Wildman–Crippen LogP) is 2.55. The number of morpholine rings is 1. The van der Waals surface area contributed by atoms with Crippen LogP contribution in [0.5, 0.6) is 0 Å². The van der Waals surface area contributed by atoms with Crippen LogP contribution in [-0.4, -0.2) is 41.6 Å². The maximum absolute atomic E-state index is 12.3. The number of hydrogen-bond donors (Lipinski definition) is 1. The smallest absolute Gasteiger partial charge is 0.223 e. The van der Waals surface area contributed by atoms with E-state index in [4.69, 9.17) is 4.74 Å². The lowest BCUT2D eigenvalue weighted by Gasteiger charge is -2.32. The van der Waals surface area contributed by atoms with E-state index in [2.05, 4.69) is 39.5 Å². The Labute approximate surface area is 149 Å². The van der Waals surface area contributed by atoms with Crippen LogP contribution in [0.1, 0.15) is 30.5 Å². The molecule has 25 heavy (non-hydrogen) atoms. The van der Waals surface area contributed by atoms with E-state index in [1.54, 1.807) is 12.4 Å². The summed E-state index contributed by atoms with van der Waals surface area (Å²) in [6, 6.07) is 14.2. The van der Waals surface area contributed by atoms with Crippen molar-refractivity contribution in [1.29, 1.82) is 0 Å². The number of aromatic nitrogens is 1. The van der Waals surface area contributed by atoms with Gasteiger partial charge in [-0.3, -0.25) is 14.7 Å². The highest BCUT2D eigenvalue weighted by atomic mass is 16.5. The van der Waals surface area contributed by atoms with Gasteiger partial charge in [-0.1, -0.05) is 36.4 Å². The van der Waals surface area contributed by atoms with Gasteiger partial charge >= 0.3 is 0 Å². The van der Waals surface area contributed by atoms with Crippen LogP contribution in [0, 0.1) is 0 Å². The van der Waals surface area contributed by atoms with Gasteiger partial charge in [0.1, 0.15) is 0 Å². The molecule has 1 fully saturated rings. The maximum Gasteiger partial charge on any atom is 0.223 e. The molecule has 3 rings (SSSR count). The van der Waals surface area contributed by atoms with Crippen molar-refractivity contribution in [3.63, 3.8) is 0 Å². The zero-order chi connectivity index (χ0) is 17.5. The minimum absolute atomic E-state index is 0.0166. The molecule has 2 heterocycles. The summed E-state index contributed by atoms with van der Waals surface area (Å²) in [5, 5.41) is 3.03. The minimum atomic E-state index is -0.0569. The lowest BCUT2D eigenvalue weighted by atomic mass is 10.1. The van der Waals surface area contributed by atoms with Gasteiger partial charge in [0, 0.05) is 32.0 Å². The highest BCUT2D eigenvalue weighted by Gasteiger charge is 2.23. The minimum Gasteiger partial charge on any atom is -0.375 e. The molecule has 0 aliphatic carbocycles. The van der Waals surface area contributed by atoms with Crippen LogP contribution >= 0.6 is 0 Å². The van der Waals surface area contributed by atoms with E-state index in [0.29, 0.717) is 13.0 Å². The molecule has 2 atom stereocenters. The number of nitrogens with zero attached hydrogens (tertiary/aromatic N) is 2. The molecule has 1 amide bonds. The van der Waals surface area contributed by atoms with Crippen LogP contribution < -0.4 is 5.32 Å². The Kier molecular flexibility index (Phi) is 6.14. The third-order valence-electron chi connectivity index (χ3n) is 4.45. The highest BCUT2D eigenvalue weighted by molar-refractivity contribution is 5.77. The lowest BCUT2D eigenvalue weighted by Crippen LogP contribution is -2.44. The molecule has 5 heteroatoms. The first-order valence-corrected chi connectivity index (χ1v) is 8.78. The molecule has 0 spiro atoms. The highest BCUT2D eigenvalue weighted by Crippen LogP contribution is 2.14. The molecule has 132 valence electrons. The van der Waals surface area contributed by atoms with Crippen molar-refractivity contribution in [2.75, 3.05) is 19.7 Å². The Bertz CT molecular complexity index is 663. The largest absolute Gasteiger partial charge is 0.375 e. The first-order valence-electron chi connectivity index (χ1n) is 8.78. The number of nitrogens with one attached hydrogen (secondary N) is 1. The van der Waals surface area contributed by atoms with Gasteiger partial charge in [0.2, 0.25) is 5.91 Å². The van der Waals surface area contributed by atoms with Gasteiger partial charge in [0.25, 0.3) is 0 Å². The molecule has 1 aliphatic heterocycles. The molecule has 1 aromatic carbocycles. The number of amides is 1. The van der Waals surface area contributed by atoms with Crippen LogP contribution in [0.25, 0.3) is 0 Å². The second kappa shape index (κ2) is 8.74. The number of benzene rings is 1. The fourth-order valence-electron chi connectivity index (χ4n) is 3.11. The topological polar surface area (TPSA) is 54.5 Å². The lowest BCUT2D eigenvalue weighted by molar-refractivity contribution is -0.126. The van der Waals surface area contributed by atoms with Crippen molar-refractivity contribution in [3.05, 3.63) is 66.0 Å². The average Bonchev–Trinajstić information content (AvgIpc) is 2.63. The summed E-state index contributed by atoms with van der Waals surface area (Å²) in [6.07, 6.45) is 3.84. The molecule has 2 aromatic rings. The van der Waals surface area contributed by atoms with Gasteiger partial charge in [-0.2, -0.15) is 0 Å². The molecular formula is C20H25N3O2. The molecule has 5 nitrogen and oxygen atoms in total. The fraction of sp³-hybridized carbons (Fsp3) is 0.400. The third-order valence-corrected chi connectivity index (χ3v) is 4.45. The zero-order valence-corrected chi connectivity index (χ0v) is 14.6. The van der Waals surface area contributed by atoms with E-state index < -0.39 is 0 Å². The second-order valence-electron chi connectivity index (χ2n) is 6.49. The maximum atomic E-state index is 12.3. The summed E-state index contributed by atoms with van der Waals surface area (Å²) in [5.74, 6) is 0.0166. The van der Waals surface area contributed by atoms with Crippen LogP contribution in [0.4, 0.5) is 0 Å². The standard InChI is InChI=1S/C20H25N3O2/c1-16(18-8-5-9-21-13-18)22-20(24)12-19-15-23(10-11-25-19)14-17-6-3-2-4-7-17/h2-9,13,16,19H,10-12,14-15H2,1H3,(H,22,24)/t16-,19+/m1/s1. The van der Waals surface area contributed by atoms with Crippen molar-refractivity contribution < 1.29 is 9.53 Å². The fourth-order valence-corrected chi connectivity index (χ4v) is 3.11. The van der Waals surface area contributed by atoms with Crippen molar-refractivity contribution >= 4 is 5.91 Å². The van der Waals surface area contributed by atoms with Crippen molar-refractivity contribution in [3.8, 4) is 0 Å². The quantitative estimate of drug-likeness (QED) is 0.879. The molecular weight excluding hydrogens is 314 g/mol. The van der Waals surface area contributed by atoms with Crippen LogP contribution in [0.15, 0.2) is 54.9 Å². The summed E-state index contributed by atoms with van der Waals surface area (Å²) >= 11 is 0.